The van der Waals surface area contributed by atoms with Crippen LogP contribution < -0.4 is 11.1 Å². The number of guanidine groups is 1. The number of carboxylic acid groups (broad SMARTS) is 1. The number of halogens is 4. The molecule has 0 amide bonds. The zero-order valence-corrected chi connectivity index (χ0v) is 24.3. The predicted molar refractivity (Wildman–Crippen MR) is 154 cm³/mol. The topological polar surface area (TPSA) is 94.2 Å². The molecular weight excluding hydrogens is 526 g/mol. The Morgan fingerprint density at radius 2 is 1.82 bits per heavy atom. The summed E-state index contributed by atoms with van der Waals surface area (Å²) in [5, 5.41) is 10.4. The second-order valence-corrected chi connectivity index (χ2v) is 9.84. The normalized spacial score (nSPS) is 18.0. The van der Waals surface area contributed by atoms with E-state index in [0.29, 0.717) is 12.0 Å². The number of fused-ring (bicyclic) bond motifs is 1. The molecule has 2 fully saturated rings. The minimum absolute atomic E-state index is 0.00800. The number of hydrogen-bond acceptors (Lipinski definition) is 6. The highest BCUT2D eigenvalue weighted by molar-refractivity contribution is 5.97. The molecule has 1 aromatic carbocycles. The lowest BCUT2D eigenvalue weighted by atomic mass is 9.63. The van der Waals surface area contributed by atoms with Crippen LogP contribution in [-0.2, 0) is 11.3 Å². The van der Waals surface area contributed by atoms with Crippen molar-refractivity contribution >= 4 is 23.8 Å². The molecule has 4 rings (SSSR count). The van der Waals surface area contributed by atoms with E-state index in [1.165, 1.54) is 30.9 Å². The summed E-state index contributed by atoms with van der Waals surface area (Å²) in [4.78, 5) is 18.0. The van der Waals surface area contributed by atoms with Crippen molar-refractivity contribution in [1.82, 2.24) is 15.1 Å². The summed E-state index contributed by atoms with van der Waals surface area (Å²) in [7, 11) is 2.06. The number of aryl methyl sites for hydroxylation is 1. The van der Waals surface area contributed by atoms with Gasteiger partial charge in [0.05, 0.1) is 5.69 Å². The van der Waals surface area contributed by atoms with Crippen molar-refractivity contribution in [2.45, 2.75) is 73.1 Å². The smallest absolute Gasteiger partial charge is 0.379 e. The van der Waals surface area contributed by atoms with E-state index in [1.807, 2.05) is 27.7 Å². The van der Waals surface area contributed by atoms with Gasteiger partial charge in [0.2, 0.25) is 5.96 Å². The van der Waals surface area contributed by atoms with E-state index in [9.17, 15) is 17.6 Å². The highest BCUT2D eigenvalue weighted by Gasteiger charge is 2.49. The van der Waals surface area contributed by atoms with E-state index in [-0.39, 0.29) is 12.5 Å². The Morgan fingerprint density at radius 1 is 1.27 bits per heavy atom. The first-order valence-electron chi connectivity index (χ1n) is 13.3. The molecule has 1 spiro atoms. The van der Waals surface area contributed by atoms with Crippen LogP contribution in [0.4, 0.5) is 23.2 Å². The lowest BCUT2D eigenvalue weighted by Crippen LogP contribution is -2.63. The Bertz CT molecular complexity index is 1090. The van der Waals surface area contributed by atoms with Gasteiger partial charge in [-0.25, -0.2) is 9.38 Å². The molecule has 2 aliphatic heterocycles. The molecule has 0 aromatic heterocycles. The van der Waals surface area contributed by atoms with Gasteiger partial charge in [-0.2, -0.15) is 13.2 Å². The van der Waals surface area contributed by atoms with E-state index in [1.54, 1.807) is 0 Å². The lowest BCUT2D eigenvalue weighted by molar-refractivity contribution is -0.122. The molecule has 2 heterocycles. The SMILES string of the molecule is C=C1c2cc(C)cc(CNC(C)/C(C)=C\C(F)=C/N)c2N=C(N2CC3(CCC3)C2)N1C.CC.FC(F)F.O=CO. The summed E-state index contributed by atoms with van der Waals surface area (Å²) < 4.78 is 42.5. The van der Waals surface area contributed by atoms with Crippen LogP contribution in [-0.4, -0.2) is 60.2 Å². The molecule has 1 atom stereocenters. The molecule has 3 aliphatic rings. The van der Waals surface area contributed by atoms with Gasteiger partial charge in [0.15, 0.2) is 0 Å². The van der Waals surface area contributed by atoms with Crippen LogP contribution in [0.1, 0.15) is 63.6 Å². The molecule has 7 nitrogen and oxygen atoms in total. The number of aliphatic imine (C=N–C) groups is 1. The Balaban J connectivity index is 0.000000788. The van der Waals surface area contributed by atoms with Crippen molar-refractivity contribution in [1.29, 1.82) is 0 Å². The molecule has 1 unspecified atom stereocenters. The molecule has 1 aliphatic carbocycles. The quantitative estimate of drug-likeness (QED) is 0.213. The Hall–Kier alpha value is -3.34. The van der Waals surface area contributed by atoms with Gasteiger partial charge < -0.3 is 26.0 Å². The van der Waals surface area contributed by atoms with Crippen LogP contribution in [0.2, 0.25) is 0 Å². The number of nitrogens with zero attached hydrogens (tertiary/aromatic N) is 3. The van der Waals surface area contributed by atoms with E-state index in [4.69, 9.17) is 20.6 Å². The monoisotopic (exact) mass is 569 g/mol. The van der Waals surface area contributed by atoms with Gasteiger partial charge in [-0.15, -0.1) is 0 Å². The van der Waals surface area contributed by atoms with Crippen LogP contribution in [0, 0.1) is 12.3 Å². The van der Waals surface area contributed by atoms with Crippen LogP contribution in [0.25, 0.3) is 5.70 Å². The fourth-order valence-corrected chi connectivity index (χ4v) is 4.81. The van der Waals surface area contributed by atoms with Gasteiger partial charge in [0.25, 0.3) is 6.47 Å². The number of alkyl halides is 3. The van der Waals surface area contributed by atoms with Gasteiger partial charge in [-0.1, -0.05) is 38.5 Å². The Labute approximate surface area is 235 Å². The van der Waals surface area contributed by atoms with Crippen LogP contribution >= 0.6 is 0 Å². The summed E-state index contributed by atoms with van der Waals surface area (Å²) in [5.41, 5.74) is 12.1. The van der Waals surface area contributed by atoms with Crippen molar-refractivity contribution in [2.75, 3.05) is 20.1 Å². The number of allylic oxidation sites excluding steroid dienone is 2. The van der Waals surface area contributed by atoms with Crippen molar-refractivity contribution < 1.29 is 27.5 Å². The van der Waals surface area contributed by atoms with E-state index < -0.39 is 12.5 Å². The number of rotatable bonds is 5. The lowest BCUT2D eigenvalue weighted by Gasteiger charge is -2.58. The number of likely N-dealkylation sites (tertiary alicyclic amines) is 1. The third-order valence-electron chi connectivity index (χ3n) is 7.12. The van der Waals surface area contributed by atoms with E-state index in [2.05, 4.69) is 47.8 Å². The van der Waals surface area contributed by atoms with Crippen molar-refractivity contribution in [3.63, 3.8) is 0 Å². The minimum atomic E-state index is -3.67. The summed E-state index contributed by atoms with van der Waals surface area (Å²) in [6.45, 7) is 13.3. The molecule has 40 heavy (non-hydrogen) atoms. The molecule has 0 radical (unpaired) electrons. The maximum absolute atomic E-state index is 13.5. The fourth-order valence-electron chi connectivity index (χ4n) is 4.81. The summed E-state index contributed by atoms with van der Waals surface area (Å²) in [5.74, 6) is 0.575. The number of nitrogens with one attached hydrogen (secondary N) is 1. The van der Waals surface area contributed by atoms with Crippen LogP contribution in [0.15, 0.2) is 47.4 Å². The second-order valence-electron chi connectivity index (χ2n) is 9.84. The number of benzene rings is 1. The average Bonchev–Trinajstić information content (AvgIpc) is 2.85. The molecule has 11 heteroatoms. The molecule has 4 N–H and O–H groups in total. The first kappa shape index (κ1) is 34.7. The van der Waals surface area contributed by atoms with Crippen LogP contribution in [0.3, 0.4) is 0 Å². The maximum atomic E-state index is 13.5. The molecule has 1 saturated carbocycles. The largest absolute Gasteiger partial charge is 0.483 e. The summed E-state index contributed by atoms with van der Waals surface area (Å²) in [6, 6.07) is 4.35. The van der Waals surface area contributed by atoms with Gasteiger partial charge in [-0.05, 0) is 56.9 Å². The Kier molecular flexibility index (Phi) is 13.9. The van der Waals surface area contributed by atoms with Gasteiger partial charge >= 0.3 is 6.68 Å². The number of nitrogens with two attached hydrogens (primary N) is 1. The maximum Gasteiger partial charge on any atom is 0.379 e. The Morgan fingerprint density at radius 3 is 2.30 bits per heavy atom. The van der Waals surface area contributed by atoms with E-state index in [0.717, 1.165) is 53.3 Å². The summed E-state index contributed by atoms with van der Waals surface area (Å²) >= 11 is 0. The summed E-state index contributed by atoms with van der Waals surface area (Å²) in [6.07, 6.45) is 6.50. The molecule has 0 bridgehead atoms. The zero-order chi connectivity index (χ0) is 30.6. The van der Waals surface area contributed by atoms with Crippen molar-refractivity contribution in [2.24, 2.45) is 16.1 Å². The predicted octanol–water partition coefficient (Wildman–Crippen LogP) is 6.48. The zero-order valence-electron chi connectivity index (χ0n) is 24.3. The van der Waals surface area contributed by atoms with Gasteiger partial charge in [0.1, 0.15) is 5.83 Å². The molecule has 1 aromatic rings. The highest BCUT2D eigenvalue weighted by atomic mass is 19.4. The van der Waals surface area contributed by atoms with Crippen molar-refractivity contribution in [3.8, 4) is 0 Å². The molecular formula is C29H43F4N5O2. The minimum Gasteiger partial charge on any atom is -0.483 e. The van der Waals surface area contributed by atoms with Crippen LogP contribution in [0.5, 0.6) is 0 Å². The first-order valence-corrected chi connectivity index (χ1v) is 13.3. The third kappa shape index (κ3) is 9.11. The number of hydrogen-bond donors (Lipinski definition) is 3. The fraction of sp³-hybridized carbons (Fsp3) is 0.517. The van der Waals surface area contributed by atoms with E-state index >= 15 is 0 Å². The number of carbonyl (C=O) groups is 1. The molecule has 1 saturated heterocycles. The molecule has 224 valence electrons. The highest BCUT2D eigenvalue weighted by Crippen LogP contribution is 2.49. The third-order valence-corrected chi connectivity index (χ3v) is 7.12. The van der Waals surface area contributed by atoms with Gasteiger partial charge in [0, 0.05) is 55.6 Å². The standard InChI is InChI=1S/C25H34FN5.C2H6.CHF3.CH2O2/c1-16-9-20(13-28-18(3)17(2)11-21(26)12-27)23-22(10-16)19(4)30(5)24(29-23)31-14-25(15-31)7-6-8-25;1-2;2-1(3)4;2-1-3/h9-12,18,28H,4,6-8,13-15,27H2,1-3,5H3;1-2H3;1H;1H,(H,2,3)/b17-11-,21-12+;;;. The van der Waals surface area contributed by atoms with Crippen molar-refractivity contribution in [3.05, 3.63) is 59.1 Å². The van der Waals surface area contributed by atoms with Gasteiger partial charge in [-0.3, -0.25) is 4.79 Å². The first-order chi connectivity index (χ1) is 18.9. The second kappa shape index (κ2) is 16.1. The average molecular weight is 570 g/mol.